The molecule has 104 valence electrons. The van der Waals surface area contributed by atoms with Crippen LogP contribution in [-0.2, 0) is 11.3 Å². The van der Waals surface area contributed by atoms with Gasteiger partial charge in [0.25, 0.3) is 0 Å². The van der Waals surface area contributed by atoms with Crippen LogP contribution >= 0.6 is 11.6 Å². The molecule has 20 heavy (non-hydrogen) atoms. The quantitative estimate of drug-likeness (QED) is 0.696. The lowest BCUT2D eigenvalue weighted by Gasteiger charge is -2.08. The molecule has 0 aliphatic rings. The van der Waals surface area contributed by atoms with Crippen LogP contribution in [0.15, 0.2) is 36.4 Å². The average Bonchev–Trinajstić information content (AvgIpc) is 2.42. The number of anilines is 1. The third-order valence-corrected chi connectivity index (χ3v) is 2.95. The third kappa shape index (κ3) is 3.24. The van der Waals surface area contributed by atoms with Gasteiger partial charge in [-0.1, -0.05) is 11.6 Å². The molecule has 0 bridgehead atoms. The fourth-order valence-electron chi connectivity index (χ4n) is 1.57. The van der Waals surface area contributed by atoms with E-state index in [2.05, 4.69) is 0 Å². The smallest absolute Gasteiger partial charge is 0.341 e. The molecule has 0 spiro atoms. The van der Waals surface area contributed by atoms with E-state index in [0.717, 1.165) is 12.1 Å². The van der Waals surface area contributed by atoms with Gasteiger partial charge in [0.05, 0.1) is 5.56 Å². The Kier molecular flexibility index (Phi) is 4.20. The van der Waals surface area contributed by atoms with Gasteiger partial charge in [0.15, 0.2) is 0 Å². The molecule has 0 aliphatic carbocycles. The van der Waals surface area contributed by atoms with Gasteiger partial charge < -0.3 is 10.5 Å². The lowest BCUT2D eigenvalue weighted by atomic mass is 10.2. The zero-order valence-electron chi connectivity index (χ0n) is 10.2. The highest BCUT2D eigenvalue weighted by molar-refractivity contribution is 6.31. The minimum atomic E-state index is -0.893. The molecule has 0 unspecified atom stereocenters. The van der Waals surface area contributed by atoms with E-state index in [9.17, 15) is 13.6 Å². The minimum Gasteiger partial charge on any atom is -0.457 e. The lowest BCUT2D eigenvalue weighted by molar-refractivity contribution is 0.0467. The minimum absolute atomic E-state index is 0.238. The number of hydrogen-bond acceptors (Lipinski definition) is 3. The van der Waals surface area contributed by atoms with E-state index in [1.54, 1.807) is 0 Å². The first kappa shape index (κ1) is 14.3. The number of nitrogens with two attached hydrogens (primary N) is 1. The summed E-state index contributed by atoms with van der Waals surface area (Å²) in [5.41, 5.74) is 5.73. The molecule has 6 heteroatoms. The second kappa shape index (κ2) is 5.88. The summed E-state index contributed by atoms with van der Waals surface area (Å²) in [6, 6.07) is 7.25. The number of rotatable bonds is 3. The van der Waals surface area contributed by atoms with Crippen molar-refractivity contribution < 1.29 is 18.3 Å². The Balaban J connectivity index is 2.12. The number of esters is 1. The highest BCUT2D eigenvalue weighted by Gasteiger charge is 2.14. The van der Waals surface area contributed by atoms with E-state index in [4.69, 9.17) is 22.1 Å². The zero-order valence-corrected chi connectivity index (χ0v) is 11.0. The average molecular weight is 298 g/mol. The molecule has 2 rings (SSSR count). The maximum Gasteiger partial charge on any atom is 0.341 e. The molecular formula is C14H10ClF2NO2. The number of carbonyl (C=O) groups is 1. The van der Waals surface area contributed by atoms with Gasteiger partial charge >= 0.3 is 5.97 Å². The molecular weight excluding hydrogens is 288 g/mol. The lowest BCUT2D eigenvalue weighted by Crippen LogP contribution is -2.08. The summed E-state index contributed by atoms with van der Waals surface area (Å²) < 4.78 is 31.4. The van der Waals surface area contributed by atoms with Crippen molar-refractivity contribution in [1.82, 2.24) is 0 Å². The van der Waals surface area contributed by atoms with Crippen molar-refractivity contribution in [3.63, 3.8) is 0 Å². The van der Waals surface area contributed by atoms with Crippen LogP contribution in [0.25, 0.3) is 0 Å². The summed E-state index contributed by atoms with van der Waals surface area (Å²) >= 11 is 5.83. The van der Waals surface area contributed by atoms with Crippen LogP contribution in [0.3, 0.4) is 0 Å². The Bertz CT molecular complexity index is 662. The number of benzene rings is 2. The van der Waals surface area contributed by atoms with Crippen molar-refractivity contribution in [2.24, 2.45) is 0 Å². The maximum absolute atomic E-state index is 13.4. The van der Waals surface area contributed by atoms with Crippen molar-refractivity contribution in [2.45, 2.75) is 6.61 Å². The summed E-state index contributed by atoms with van der Waals surface area (Å²) in [7, 11) is 0. The fourth-order valence-corrected chi connectivity index (χ4v) is 1.75. The highest BCUT2D eigenvalue weighted by Crippen LogP contribution is 2.19. The molecule has 0 atom stereocenters. The summed E-state index contributed by atoms with van der Waals surface area (Å²) in [4.78, 5) is 11.7. The van der Waals surface area contributed by atoms with Crippen molar-refractivity contribution in [2.75, 3.05) is 5.73 Å². The second-order valence-electron chi connectivity index (χ2n) is 4.05. The molecule has 0 aromatic heterocycles. The predicted octanol–water partition coefficient (Wildman–Crippen LogP) is 3.56. The molecule has 0 saturated carbocycles. The van der Waals surface area contributed by atoms with Gasteiger partial charge in [0.1, 0.15) is 18.2 Å². The standard InChI is InChI=1S/C14H10ClF2NO2/c15-12-3-1-9(16)5-8(12)7-20-14(19)11-6-10(18)2-4-13(11)17/h1-6H,7,18H2. The Hall–Kier alpha value is -2.14. The van der Waals surface area contributed by atoms with Crippen LogP contribution < -0.4 is 5.73 Å². The van der Waals surface area contributed by atoms with Gasteiger partial charge in [-0.2, -0.15) is 0 Å². The SMILES string of the molecule is Nc1ccc(F)c(C(=O)OCc2cc(F)ccc2Cl)c1. The number of nitrogen functional groups attached to an aromatic ring is 1. The van der Waals surface area contributed by atoms with Crippen LogP contribution in [0.1, 0.15) is 15.9 Å². The summed E-state index contributed by atoms with van der Waals surface area (Å²) in [6.07, 6.45) is 0. The van der Waals surface area contributed by atoms with Crippen LogP contribution in [0.4, 0.5) is 14.5 Å². The van der Waals surface area contributed by atoms with E-state index < -0.39 is 17.6 Å². The normalized spacial score (nSPS) is 10.3. The Labute approximate surface area is 118 Å². The molecule has 3 nitrogen and oxygen atoms in total. The number of carbonyl (C=O) groups excluding carboxylic acids is 1. The van der Waals surface area contributed by atoms with Gasteiger partial charge in [0, 0.05) is 16.3 Å². The number of ether oxygens (including phenoxy) is 1. The first-order valence-corrected chi connectivity index (χ1v) is 6.01. The van der Waals surface area contributed by atoms with E-state index in [0.29, 0.717) is 5.56 Å². The Morgan fingerprint density at radius 1 is 1.20 bits per heavy atom. The van der Waals surface area contributed by atoms with Gasteiger partial charge in [0.2, 0.25) is 0 Å². The largest absolute Gasteiger partial charge is 0.457 e. The van der Waals surface area contributed by atoms with Gasteiger partial charge in [-0.05, 0) is 36.4 Å². The van der Waals surface area contributed by atoms with Crippen LogP contribution in [0.2, 0.25) is 5.02 Å². The predicted molar refractivity (Wildman–Crippen MR) is 71.3 cm³/mol. The van der Waals surface area contributed by atoms with E-state index in [1.807, 2.05) is 0 Å². The molecule has 2 aromatic carbocycles. The van der Waals surface area contributed by atoms with Gasteiger partial charge in [-0.3, -0.25) is 0 Å². The third-order valence-electron chi connectivity index (χ3n) is 2.58. The van der Waals surface area contributed by atoms with Gasteiger partial charge in [-0.25, -0.2) is 13.6 Å². The number of hydrogen-bond donors (Lipinski definition) is 1. The molecule has 0 aliphatic heterocycles. The summed E-state index contributed by atoms with van der Waals surface area (Å²) in [6.45, 7) is -0.260. The monoisotopic (exact) mass is 297 g/mol. The maximum atomic E-state index is 13.4. The van der Waals surface area contributed by atoms with Crippen LogP contribution in [0, 0.1) is 11.6 Å². The fraction of sp³-hybridized carbons (Fsp3) is 0.0714. The molecule has 0 heterocycles. The highest BCUT2D eigenvalue weighted by atomic mass is 35.5. The molecule has 0 radical (unpaired) electrons. The van der Waals surface area contributed by atoms with E-state index in [-0.39, 0.29) is 22.9 Å². The second-order valence-corrected chi connectivity index (χ2v) is 4.46. The van der Waals surface area contributed by atoms with Crippen molar-refractivity contribution in [1.29, 1.82) is 0 Å². The molecule has 2 aromatic rings. The Morgan fingerprint density at radius 3 is 2.70 bits per heavy atom. The first-order valence-electron chi connectivity index (χ1n) is 5.63. The van der Waals surface area contributed by atoms with E-state index in [1.165, 1.54) is 24.3 Å². The van der Waals surface area contributed by atoms with E-state index >= 15 is 0 Å². The first-order chi connectivity index (χ1) is 9.47. The molecule has 0 fully saturated rings. The van der Waals surface area contributed by atoms with Crippen LogP contribution in [0.5, 0.6) is 0 Å². The zero-order chi connectivity index (χ0) is 14.7. The summed E-state index contributed by atoms with van der Waals surface area (Å²) in [5.74, 6) is -2.14. The van der Waals surface area contributed by atoms with Crippen LogP contribution in [-0.4, -0.2) is 5.97 Å². The van der Waals surface area contributed by atoms with Crippen molar-refractivity contribution >= 4 is 23.3 Å². The van der Waals surface area contributed by atoms with Crippen molar-refractivity contribution in [3.8, 4) is 0 Å². The van der Waals surface area contributed by atoms with Gasteiger partial charge in [-0.15, -0.1) is 0 Å². The summed E-state index contributed by atoms with van der Waals surface area (Å²) in [5, 5.41) is 0.257. The van der Waals surface area contributed by atoms with Crippen molar-refractivity contribution in [3.05, 3.63) is 64.2 Å². The molecule has 0 amide bonds. The Morgan fingerprint density at radius 2 is 1.95 bits per heavy atom. The number of halogens is 3. The molecule has 0 saturated heterocycles. The topological polar surface area (TPSA) is 52.3 Å². The molecule has 2 N–H and O–H groups in total.